The van der Waals surface area contributed by atoms with Crippen LogP contribution in [0.2, 0.25) is 0 Å². The maximum absolute atomic E-state index is 13.0. The second kappa shape index (κ2) is 4.74. The van der Waals surface area contributed by atoms with Crippen LogP contribution in [0.15, 0.2) is 12.4 Å². The van der Waals surface area contributed by atoms with Crippen molar-refractivity contribution in [1.82, 2.24) is 14.9 Å². The van der Waals surface area contributed by atoms with Crippen molar-refractivity contribution in [3.8, 4) is 0 Å². The maximum Gasteiger partial charge on any atom is 0.218 e. The second-order valence-electron chi connectivity index (χ2n) is 4.12. The number of anilines is 1. The van der Waals surface area contributed by atoms with E-state index in [1.165, 1.54) is 12.4 Å². The Balaban J connectivity index is 2.07. The molecule has 88 valence electrons. The van der Waals surface area contributed by atoms with Crippen molar-refractivity contribution >= 4 is 5.82 Å². The van der Waals surface area contributed by atoms with Crippen LogP contribution in [-0.2, 0) is 0 Å². The van der Waals surface area contributed by atoms with E-state index in [2.05, 4.69) is 33.6 Å². The van der Waals surface area contributed by atoms with Crippen molar-refractivity contribution in [2.45, 2.75) is 19.9 Å². The van der Waals surface area contributed by atoms with Gasteiger partial charge < -0.3 is 4.90 Å². The standard InChI is InChI=1S/C11H17FN4/c1-3-15-4-5-16(7-9(15)2)11-6-10(12)13-8-14-11/h6,8-9H,3-5,7H2,1-2H3. The van der Waals surface area contributed by atoms with Crippen molar-refractivity contribution in [2.75, 3.05) is 31.1 Å². The van der Waals surface area contributed by atoms with E-state index in [1.54, 1.807) is 0 Å². The summed E-state index contributed by atoms with van der Waals surface area (Å²) in [6.45, 7) is 8.21. The fourth-order valence-electron chi connectivity index (χ4n) is 2.17. The van der Waals surface area contributed by atoms with Crippen LogP contribution in [0.25, 0.3) is 0 Å². The third kappa shape index (κ3) is 2.29. The molecule has 2 rings (SSSR count). The summed E-state index contributed by atoms with van der Waals surface area (Å²) in [6.07, 6.45) is 1.28. The molecule has 1 saturated heterocycles. The molecule has 1 aromatic rings. The Morgan fingerprint density at radius 2 is 2.25 bits per heavy atom. The van der Waals surface area contributed by atoms with E-state index in [0.29, 0.717) is 11.9 Å². The minimum Gasteiger partial charge on any atom is -0.354 e. The summed E-state index contributed by atoms with van der Waals surface area (Å²) in [7, 11) is 0. The van der Waals surface area contributed by atoms with Crippen LogP contribution in [0, 0.1) is 5.95 Å². The van der Waals surface area contributed by atoms with Crippen LogP contribution >= 0.6 is 0 Å². The minimum atomic E-state index is -0.462. The number of hydrogen-bond acceptors (Lipinski definition) is 4. The fourth-order valence-corrected chi connectivity index (χ4v) is 2.17. The van der Waals surface area contributed by atoms with Gasteiger partial charge in [0, 0.05) is 31.7 Å². The number of nitrogens with zero attached hydrogens (tertiary/aromatic N) is 4. The lowest BCUT2D eigenvalue weighted by molar-refractivity contribution is 0.199. The lowest BCUT2D eigenvalue weighted by Crippen LogP contribution is -2.52. The zero-order chi connectivity index (χ0) is 11.5. The number of halogens is 1. The highest BCUT2D eigenvalue weighted by Crippen LogP contribution is 2.16. The molecule has 2 heterocycles. The summed E-state index contributed by atoms with van der Waals surface area (Å²) in [5, 5.41) is 0. The molecule has 0 radical (unpaired) electrons. The normalized spacial score (nSPS) is 22.4. The maximum atomic E-state index is 13.0. The fraction of sp³-hybridized carbons (Fsp3) is 0.636. The monoisotopic (exact) mass is 224 g/mol. The van der Waals surface area contributed by atoms with E-state index in [4.69, 9.17) is 0 Å². The van der Waals surface area contributed by atoms with Gasteiger partial charge in [-0.15, -0.1) is 0 Å². The second-order valence-corrected chi connectivity index (χ2v) is 4.12. The summed E-state index contributed by atoms with van der Waals surface area (Å²) in [4.78, 5) is 12.1. The number of rotatable bonds is 2. The highest BCUT2D eigenvalue weighted by Gasteiger charge is 2.23. The van der Waals surface area contributed by atoms with Crippen LogP contribution in [0.3, 0.4) is 0 Å². The van der Waals surface area contributed by atoms with E-state index < -0.39 is 5.95 Å². The highest BCUT2D eigenvalue weighted by atomic mass is 19.1. The van der Waals surface area contributed by atoms with E-state index in [1.807, 2.05) is 0 Å². The molecule has 4 nitrogen and oxygen atoms in total. The molecule has 0 spiro atoms. The van der Waals surface area contributed by atoms with E-state index >= 15 is 0 Å². The molecule has 0 N–H and O–H groups in total. The van der Waals surface area contributed by atoms with Crippen molar-refractivity contribution in [1.29, 1.82) is 0 Å². The highest BCUT2D eigenvalue weighted by molar-refractivity contribution is 5.37. The number of aromatic nitrogens is 2. The molecule has 1 unspecified atom stereocenters. The molecule has 1 atom stereocenters. The van der Waals surface area contributed by atoms with Gasteiger partial charge in [-0.2, -0.15) is 4.39 Å². The van der Waals surface area contributed by atoms with Gasteiger partial charge in [0.05, 0.1) is 0 Å². The number of piperazine rings is 1. The molecule has 1 aliphatic rings. The van der Waals surface area contributed by atoms with Crippen molar-refractivity contribution in [3.05, 3.63) is 18.3 Å². The predicted octanol–water partition coefficient (Wildman–Crippen LogP) is 1.15. The van der Waals surface area contributed by atoms with Gasteiger partial charge in [-0.3, -0.25) is 4.90 Å². The lowest BCUT2D eigenvalue weighted by Gasteiger charge is -2.39. The third-order valence-corrected chi connectivity index (χ3v) is 3.11. The average molecular weight is 224 g/mol. The lowest BCUT2D eigenvalue weighted by atomic mass is 10.2. The van der Waals surface area contributed by atoms with Crippen LogP contribution in [0.5, 0.6) is 0 Å². The van der Waals surface area contributed by atoms with Gasteiger partial charge in [-0.05, 0) is 13.5 Å². The van der Waals surface area contributed by atoms with Gasteiger partial charge in [0.15, 0.2) is 0 Å². The Labute approximate surface area is 95.1 Å². The molecule has 0 saturated carbocycles. The molecule has 0 bridgehead atoms. The van der Waals surface area contributed by atoms with Crippen LogP contribution in [0.1, 0.15) is 13.8 Å². The van der Waals surface area contributed by atoms with Gasteiger partial charge in [-0.1, -0.05) is 6.92 Å². The molecular formula is C11H17FN4. The molecule has 1 aromatic heterocycles. The van der Waals surface area contributed by atoms with Gasteiger partial charge in [0.25, 0.3) is 0 Å². The predicted molar refractivity (Wildman–Crippen MR) is 60.9 cm³/mol. The van der Waals surface area contributed by atoms with E-state index in [9.17, 15) is 4.39 Å². The first-order chi connectivity index (χ1) is 7.70. The summed E-state index contributed by atoms with van der Waals surface area (Å²) >= 11 is 0. The van der Waals surface area contributed by atoms with Gasteiger partial charge >= 0.3 is 0 Å². The molecule has 0 aromatic carbocycles. The molecule has 0 amide bonds. The first-order valence-electron chi connectivity index (χ1n) is 5.67. The first-order valence-corrected chi connectivity index (χ1v) is 5.67. The van der Waals surface area contributed by atoms with Crippen molar-refractivity contribution in [2.24, 2.45) is 0 Å². The summed E-state index contributed by atoms with van der Waals surface area (Å²) < 4.78 is 13.0. The van der Waals surface area contributed by atoms with Crippen molar-refractivity contribution < 1.29 is 4.39 Å². The van der Waals surface area contributed by atoms with Crippen LogP contribution < -0.4 is 4.90 Å². The zero-order valence-corrected chi connectivity index (χ0v) is 9.73. The Hall–Kier alpha value is -1.23. The number of likely N-dealkylation sites (N-methyl/N-ethyl adjacent to an activating group) is 1. The molecule has 5 heteroatoms. The SMILES string of the molecule is CCN1CCN(c2cc(F)ncn2)CC1C. The Kier molecular flexibility index (Phi) is 3.33. The van der Waals surface area contributed by atoms with Crippen LogP contribution in [0.4, 0.5) is 10.2 Å². The van der Waals surface area contributed by atoms with Gasteiger partial charge in [0.2, 0.25) is 5.95 Å². The van der Waals surface area contributed by atoms with Crippen LogP contribution in [-0.4, -0.2) is 47.1 Å². The quantitative estimate of drug-likeness (QED) is 0.705. The Morgan fingerprint density at radius 1 is 1.44 bits per heavy atom. The topological polar surface area (TPSA) is 32.3 Å². The average Bonchev–Trinajstić information content (AvgIpc) is 2.29. The van der Waals surface area contributed by atoms with Gasteiger partial charge in [0.1, 0.15) is 12.1 Å². The molecular weight excluding hydrogens is 207 g/mol. The molecule has 1 fully saturated rings. The summed E-state index contributed by atoms with van der Waals surface area (Å²) in [6, 6.07) is 1.88. The van der Waals surface area contributed by atoms with Gasteiger partial charge in [-0.25, -0.2) is 9.97 Å². The first kappa shape index (κ1) is 11.3. The van der Waals surface area contributed by atoms with E-state index in [0.717, 1.165) is 26.2 Å². The summed E-state index contributed by atoms with van der Waals surface area (Å²) in [5.41, 5.74) is 0. The molecule has 0 aliphatic carbocycles. The molecule has 1 aliphatic heterocycles. The van der Waals surface area contributed by atoms with Crippen molar-refractivity contribution in [3.63, 3.8) is 0 Å². The molecule has 16 heavy (non-hydrogen) atoms. The summed E-state index contributed by atoms with van der Waals surface area (Å²) in [5.74, 6) is 0.227. The zero-order valence-electron chi connectivity index (χ0n) is 9.73. The minimum absolute atomic E-state index is 0.462. The Morgan fingerprint density at radius 3 is 2.88 bits per heavy atom. The third-order valence-electron chi connectivity index (χ3n) is 3.11. The smallest absolute Gasteiger partial charge is 0.218 e. The number of hydrogen-bond donors (Lipinski definition) is 0. The Bertz CT molecular complexity index is 358. The van der Waals surface area contributed by atoms with E-state index in [-0.39, 0.29) is 0 Å². The largest absolute Gasteiger partial charge is 0.354 e.